The van der Waals surface area contributed by atoms with Crippen LogP contribution in [0.1, 0.15) is 6.92 Å². The molecule has 1 unspecified atom stereocenters. The Labute approximate surface area is 78.2 Å². The maximum atomic E-state index is 5.05. The van der Waals surface area contributed by atoms with Crippen molar-refractivity contribution < 1.29 is 4.74 Å². The van der Waals surface area contributed by atoms with Gasteiger partial charge < -0.3 is 4.74 Å². The SMILES string of the molecule is COC(C)Sc1n[nH]c(=S)s1. The predicted octanol–water partition coefficient (Wildman–Crippen LogP) is 2.29. The van der Waals surface area contributed by atoms with Crippen molar-refractivity contribution in [3.05, 3.63) is 3.95 Å². The molecule has 1 rings (SSSR count). The van der Waals surface area contributed by atoms with Gasteiger partial charge in [-0.25, -0.2) is 0 Å². The Bertz CT molecular complexity index is 269. The van der Waals surface area contributed by atoms with Crippen molar-refractivity contribution >= 4 is 35.3 Å². The minimum Gasteiger partial charge on any atom is -0.371 e. The molecule has 1 aromatic rings. The second-order valence-electron chi connectivity index (χ2n) is 1.80. The topological polar surface area (TPSA) is 37.9 Å². The van der Waals surface area contributed by atoms with Gasteiger partial charge in [0.05, 0.1) is 0 Å². The van der Waals surface area contributed by atoms with Crippen molar-refractivity contribution in [2.45, 2.75) is 16.7 Å². The number of rotatable bonds is 3. The summed E-state index contributed by atoms with van der Waals surface area (Å²) in [6, 6.07) is 0. The number of nitrogens with zero attached hydrogens (tertiary/aromatic N) is 1. The van der Waals surface area contributed by atoms with Crippen LogP contribution in [0.5, 0.6) is 0 Å². The maximum Gasteiger partial charge on any atom is 0.177 e. The van der Waals surface area contributed by atoms with Crippen LogP contribution in [0.25, 0.3) is 0 Å². The summed E-state index contributed by atoms with van der Waals surface area (Å²) in [6.07, 6.45) is 0. The molecule has 1 N–H and O–H groups in total. The molecule has 0 bridgehead atoms. The first kappa shape index (κ1) is 9.18. The minimum absolute atomic E-state index is 0.129. The molecule has 0 saturated heterocycles. The van der Waals surface area contributed by atoms with Crippen LogP contribution in [-0.4, -0.2) is 22.7 Å². The number of ether oxygens (including phenoxy) is 1. The Kier molecular flexibility index (Phi) is 3.50. The Morgan fingerprint density at radius 3 is 3.00 bits per heavy atom. The Morgan fingerprint density at radius 2 is 2.55 bits per heavy atom. The highest BCUT2D eigenvalue weighted by Crippen LogP contribution is 2.24. The molecule has 6 heteroatoms. The van der Waals surface area contributed by atoms with Gasteiger partial charge in [0.15, 0.2) is 8.29 Å². The second kappa shape index (κ2) is 4.20. The summed E-state index contributed by atoms with van der Waals surface area (Å²) in [6.45, 7) is 1.97. The van der Waals surface area contributed by atoms with Crippen molar-refractivity contribution in [1.82, 2.24) is 10.2 Å². The first-order valence-corrected chi connectivity index (χ1v) is 5.08. The van der Waals surface area contributed by atoms with Gasteiger partial charge in [-0.3, -0.25) is 5.10 Å². The van der Waals surface area contributed by atoms with Gasteiger partial charge in [-0.05, 0) is 19.1 Å². The zero-order valence-electron chi connectivity index (χ0n) is 6.16. The summed E-state index contributed by atoms with van der Waals surface area (Å²) >= 11 is 7.88. The lowest BCUT2D eigenvalue weighted by Crippen LogP contribution is -1.96. The Morgan fingerprint density at radius 1 is 1.82 bits per heavy atom. The number of aromatic amines is 1. The van der Waals surface area contributed by atoms with Gasteiger partial charge in [-0.15, -0.1) is 0 Å². The van der Waals surface area contributed by atoms with Crippen molar-refractivity contribution in [2.24, 2.45) is 0 Å². The van der Waals surface area contributed by atoms with E-state index in [-0.39, 0.29) is 5.44 Å². The quantitative estimate of drug-likeness (QED) is 0.470. The van der Waals surface area contributed by atoms with Crippen molar-refractivity contribution in [1.29, 1.82) is 0 Å². The molecule has 0 aliphatic rings. The molecule has 0 saturated carbocycles. The Hall–Kier alpha value is 0.0900. The number of nitrogens with one attached hydrogen (secondary N) is 1. The third-order valence-electron chi connectivity index (χ3n) is 1.02. The molecule has 3 nitrogen and oxygen atoms in total. The molecule has 1 heterocycles. The van der Waals surface area contributed by atoms with E-state index >= 15 is 0 Å². The number of H-pyrrole nitrogens is 1. The summed E-state index contributed by atoms with van der Waals surface area (Å²) in [5.41, 5.74) is 0.129. The molecule has 11 heavy (non-hydrogen) atoms. The van der Waals surface area contributed by atoms with Crippen LogP contribution in [0.15, 0.2) is 4.34 Å². The van der Waals surface area contributed by atoms with Crippen molar-refractivity contribution in [2.75, 3.05) is 7.11 Å². The second-order valence-corrected chi connectivity index (χ2v) is 5.01. The summed E-state index contributed by atoms with van der Waals surface area (Å²) in [7, 11) is 1.67. The van der Waals surface area contributed by atoms with Gasteiger partial charge in [0.1, 0.15) is 5.44 Å². The smallest absolute Gasteiger partial charge is 0.177 e. The van der Waals surface area contributed by atoms with Crippen LogP contribution in [0, 0.1) is 3.95 Å². The fourth-order valence-corrected chi connectivity index (χ4v) is 2.57. The van der Waals surface area contributed by atoms with E-state index in [9.17, 15) is 0 Å². The fraction of sp³-hybridized carbons (Fsp3) is 0.600. The van der Waals surface area contributed by atoms with Crippen LogP contribution in [-0.2, 0) is 4.74 Å². The van der Waals surface area contributed by atoms with Gasteiger partial charge in [0.25, 0.3) is 0 Å². The highest BCUT2D eigenvalue weighted by molar-refractivity contribution is 8.01. The van der Waals surface area contributed by atoms with Gasteiger partial charge in [0.2, 0.25) is 0 Å². The van der Waals surface area contributed by atoms with Gasteiger partial charge in [-0.2, -0.15) is 5.10 Å². The molecule has 0 spiro atoms. The molecule has 0 amide bonds. The van der Waals surface area contributed by atoms with E-state index in [2.05, 4.69) is 10.2 Å². The lowest BCUT2D eigenvalue weighted by Gasteiger charge is -2.03. The number of thioether (sulfide) groups is 1. The molecule has 0 aliphatic carbocycles. The van der Waals surface area contributed by atoms with Crippen molar-refractivity contribution in [3.8, 4) is 0 Å². The first-order chi connectivity index (χ1) is 5.22. The normalized spacial score (nSPS) is 13.3. The minimum atomic E-state index is 0.129. The largest absolute Gasteiger partial charge is 0.371 e. The van der Waals surface area contributed by atoms with E-state index in [4.69, 9.17) is 17.0 Å². The first-order valence-electron chi connectivity index (χ1n) is 2.97. The van der Waals surface area contributed by atoms with Crippen LogP contribution in [0.3, 0.4) is 0 Å². The molecule has 0 radical (unpaired) electrons. The molecule has 1 aromatic heterocycles. The van der Waals surface area contributed by atoms with E-state index in [0.717, 1.165) is 4.34 Å². The van der Waals surface area contributed by atoms with Crippen LogP contribution >= 0.6 is 35.3 Å². The highest BCUT2D eigenvalue weighted by Gasteiger charge is 2.04. The maximum absolute atomic E-state index is 5.05. The summed E-state index contributed by atoms with van der Waals surface area (Å²) in [4.78, 5) is 0. The average molecular weight is 208 g/mol. The van der Waals surface area contributed by atoms with E-state index in [1.54, 1.807) is 18.9 Å². The zero-order chi connectivity index (χ0) is 8.27. The lowest BCUT2D eigenvalue weighted by atomic mass is 10.9. The average Bonchev–Trinajstić information content (AvgIpc) is 2.35. The molecule has 1 atom stereocenters. The van der Waals surface area contributed by atoms with Crippen LogP contribution in [0.4, 0.5) is 0 Å². The van der Waals surface area contributed by atoms with Crippen LogP contribution < -0.4 is 0 Å². The summed E-state index contributed by atoms with van der Waals surface area (Å²) < 4.78 is 6.67. The van der Waals surface area contributed by atoms with E-state index in [1.807, 2.05) is 6.92 Å². The molecule has 0 aliphatic heterocycles. The van der Waals surface area contributed by atoms with E-state index in [1.165, 1.54) is 11.3 Å². The summed E-state index contributed by atoms with van der Waals surface area (Å²) in [5.74, 6) is 0. The third kappa shape index (κ3) is 2.90. The zero-order valence-corrected chi connectivity index (χ0v) is 8.61. The molecule has 62 valence electrons. The number of hydrogen-bond acceptors (Lipinski definition) is 5. The molecule has 0 aromatic carbocycles. The van der Waals surface area contributed by atoms with Gasteiger partial charge >= 0.3 is 0 Å². The van der Waals surface area contributed by atoms with Gasteiger partial charge in [0, 0.05) is 7.11 Å². The molecular weight excluding hydrogens is 200 g/mol. The number of aromatic nitrogens is 2. The predicted molar refractivity (Wildman–Crippen MR) is 49.6 cm³/mol. The standard InChI is InChI=1S/C5H8N2OS3/c1-3(8-2)10-5-7-6-4(9)11-5/h3H,1-2H3,(H,6,9). The van der Waals surface area contributed by atoms with E-state index in [0.29, 0.717) is 3.95 Å². The van der Waals surface area contributed by atoms with Crippen molar-refractivity contribution in [3.63, 3.8) is 0 Å². The third-order valence-corrected chi connectivity index (χ3v) is 3.26. The molecule has 0 fully saturated rings. The monoisotopic (exact) mass is 208 g/mol. The van der Waals surface area contributed by atoms with Gasteiger partial charge in [-0.1, -0.05) is 23.1 Å². The Balaban J connectivity index is 2.57. The number of methoxy groups -OCH3 is 1. The lowest BCUT2D eigenvalue weighted by molar-refractivity contribution is 0.188. The fourth-order valence-electron chi connectivity index (χ4n) is 0.457. The molecular formula is C5H8N2OS3. The summed E-state index contributed by atoms with van der Waals surface area (Å²) in [5, 5.41) is 6.68. The highest BCUT2D eigenvalue weighted by atomic mass is 32.2. The van der Waals surface area contributed by atoms with E-state index < -0.39 is 0 Å². The number of hydrogen-bond donors (Lipinski definition) is 1. The van der Waals surface area contributed by atoms with Crippen LogP contribution in [0.2, 0.25) is 0 Å².